The first-order chi connectivity index (χ1) is 8.04. The summed E-state index contributed by atoms with van der Waals surface area (Å²) in [6, 6.07) is 4.27. The van der Waals surface area contributed by atoms with Crippen molar-refractivity contribution in [3.63, 3.8) is 0 Å². The summed E-state index contributed by atoms with van der Waals surface area (Å²) in [6.07, 6.45) is 0. The molecule has 0 aliphatic carbocycles. The van der Waals surface area contributed by atoms with E-state index in [4.69, 9.17) is 4.74 Å². The number of nitro benzene ring substituents is 1. The van der Waals surface area contributed by atoms with Gasteiger partial charge in [-0.25, -0.2) is 0 Å². The standard InChI is InChI=1S/C11H13NO5/c1-8-3-4-9(12(14)15)5-11(8)17-7-10(13)6-16-2/h3-5H,6-7H2,1-2H3. The number of benzene rings is 1. The largest absolute Gasteiger partial charge is 0.485 e. The number of ketones is 1. The highest BCUT2D eigenvalue weighted by Crippen LogP contribution is 2.23. The van der Waals surface area contributed by atoms with Crippen LogP contribution in [0.3, 0.4) is 0 Å². The van der Waals surface area contributed by atoms with E-state index in [0.29, 0.717) is 5.75 Å². The maximum atomic E-state index is 11.2. The SMILES string of the molecule is COCC(=O)COc1cc([N+](=O)[O-])ccc1C. The lowest BCUT2D eigenvalue weighted by Crippen LogP contribution is -2.16. The van der Waals surface area contributed by atoms with E-state index in [1.165, 1.54) is 19.2 Å². The molecular formula is C11H13NO5. The Bertz CT molecular complexity index is 430. The second-order valence-corrected chi connectivity index (χ2v) is 3.47. The highest BCUT2D eigenvalue weighted by molar-refractivity contribution is 5.81. The van der Waals surface area contributed by atoms with E-state index < -0.39 is 4.92 Å². The molecule has 1 aromatic carbocycles. The van der Waals surface area contributed by atoms with Gasteiger partial charge in [0.05, 0.1) is 11.0 Å². The van der Waals surface area contributed by atoms with Crippen molar-refractivity contribution in [2.45, 2.75) is 6.92 Å². The molecule has 0 saturated heterocycles. The smallest absolute Gasteiger partial charge is 0.273 e. The third kappa shape index (κ3) is 3.84. The van der Waals surface area contributed by atoms with Crippen LogP contribution in [0.25, 0.3) is 0 Å². The first-order valence-electron chi connectivity index (χ1n) is 4.93. The zero-order valence-electron chi connectivity index (χ0n) is 9.63. The minimum absolute atomic E-state index is 0.0338. The van der Waals surface area contributed by atoms with Crippen molar-refractivity contribution >= 4 is 11.5 Å². The highest BCUT2D eigenvalue weighted by atomic mass is 16.6. The van der Waals surface area contributed by atoms with Gasteiger partial charge in [-0.3, -0.25) is 14.9 Å². The molecule has 1 aromatic rings. The summed E-state index contributed by atoms with van der Waals surface area (Å²) < 4.78 is 9.85. The molecule has 0 spiro atoms. The van der Waals surface area contributed by atoms with Gasteiger partial charge in [0.1, 0.15) is 19.0 Å². The number of Topliss-reactive ketones (excluding diaryl/α,β-unsaturated/α-hetero) is 1. The van der Waals surface area contributed by atoms with Crippen molar-refractivity contribution in [3.05, 3.63) is 33.9 Å². The van der Waals surface area contributed by atoms with Crippen LogP contribution in [0.2, 0.25) is 0 Å². The van der Waals surface area contributed by atoms with E-state index in [1.54, 1.807) is 13.0 Å². The molecule has 0 N–H and O–H groups in total. The summed E-state index contributed by atoms with van der Waals surface area (Å²) in [5.74, 6) is 0.113. The number of hydrogen-bond acceptors (Lipinski definition) is 5. The topological polar surface area (TPSA) is 78.7 Å². The molecule has 0 radical (unpaired) electrons. The van der Waals surface area contributed by atoms with Crippen molar-refractivity contribution < 1.29 is 19.2 Å². The van der Waals surface area contributed by atoms with E-state index in [9.17, 15) is 14.9 Å². The molecular weight excluding hydrogens is 226 g/mol. The Kier molecular flexibility index (Phi) is 4.59. The predicted octanol–water partition coefficient (Wildman–Crippen LogP) is 1.50. The molecule has 6 nitrogen and oxygen atoms in total. The fourth-order valence-corrected chi connectivity index (χ4v) is 1.22. The van der Waals surface area contributed by atoms with Crippen molar-refractivity contribution in [2.24, 2.45) is 0 Å². The van der Waals surface area contributed by atoms with Crippen LogP contribution in [0.1, 0.15) is 5.56 Å². The Hall–Kier alpha value is -1.95. The van der Waals surface area contributed by atoms with Crippen molar-refractivity contribution in [2.75, 3.05) is 20.3 Å². The van der Waals surface area contributed by atoms with Crippen LogP contribution in [0, 0.1) is 17.0 Å². The minimum Gasteiger partial charge on any atom is -0.485 e. The maximum Gasteiger partial charge on any atom is 0.273 e. The lowest BCUT2D eigenvalue weighted by Gasteiger charge is -2.07. The molecule has 0 fully saturated rings. The van der Waals surface area contributed by atoms with Gasteiger partial charge in [-0.2, -0.15) is 0 Å². The Morgan fingerprint density at radius 2 is 2.12 bits per heavy atom. The highest BCUT2D eigenvalue weighted by Gasteiger charge is 2.10. The summed E-state index contributed by atoms with van der Waals surface area (Å²) >= 11 is 0. The molecule has 0 bridgehead atoms. The van der Waals surface area contributed by atoms with Crippen molar-refractivity contribution in [1.29, 1.82) is 0 Å². The van der Waals surface area contributed by atoms with E-state index in [-0.39, 0.29) is 24.7 Å². The summed E-state index contributed by atoms with van der Waals surface area (Å²) in [5.41, 5.74) is 0.672. The number of methoxy groups -OCH3 is 1. The van der Waals surface area contributed by atoms with Crippen LogP contribution in [-0.4, -0.2) is 31.0 Å². The number of carbonyl (C=O) groups is 1. The molecule has 0 atom stereocenters. The average Bonchev–Trinajstić information content (AvgIpc) is 2.28. The normalized spacial score (nSPS) is 10.0. The summed E-state index contributed by atoms with van der Waals surface area (Å²) in [5, 5.41) is 10.6. The molecule has 1 rings (SSSR count). The lowest BCUT2D eigenvalue weighted by molar-refractivity contribution is -0.384. The third-order valence-electron chi connectivity index (χ3n) is 2.08. The minimum atomic E-state index is -0.511. The quantitative estimate of drug-likeness (QED) is 0.555. The Labute approximate surface area is 98.3 Å². The molecule has 0 aromatic heterocycles. The van der Waals surface area contributed by atoms with Gasteiger partial charge in [0.2, 0.25) is 0 Å². The van der Waals surface area contributed by atoms with Gasteiger partial charge < -0.3 is 9.47 Å². The van der Waals surface area contributed by atoms with Gasteiger partial charge in [0, 0.05) is 13.2 Å². The molecule has 0 aliphatic heterocycles. The third-order valence-corrected chi connectivity index (χ3v) is 2.08. The Morgan fingerprint density at radius 1 is 1.41 bits per heavy atom. The second-order valence-electron chi connectivity index (χ2n) is 3.47. The van der Waals surface area contributed by atoms with E-state index in [2.05, 4.69) is 4.74 Å². The molecule has 0 aliphatic rings. The van der Waals surface area contributed by atoms with Gasteiger partial charge in [-0.05, 0) is 18.6 Å². The second kappa shape index (κ2) is 5.95. The Balaban J connectivity index is 2.73. The first-order valence-corrected chi connectivity index (χ1v) is 4.93. The van der Waals surface area contributed by atoms with Crippen LogP contribution >= 0.6 is 0 Å². The number of hydrogen-bond donors (Lipinski definition) is 0. The number of non-ortho nitro benzene ring substituents is 1. The van der Waals surface area contributed by atoms with E-state index in [0.717, 1.165) is 5.56 Å². The van der Waals surface area contributed by atoms with Gasteiger partial charge in [0.25, 0.3) is 5.69 Å². The molecule has 0 saturated carbocycles. The van der Waals surface area contributed by atoms with E-state index >= 15 is 0 Å². The van der Waals surface area contributed by atoms with Gasteiger partial charge in [0.15, 0.2) is 5.78 Å². The molecule has 6 heteroatoms. The number of nitro groups is 1. The number of rotatable bonds is 6. The van der Waals surface area contributed by atoms with Gasteiger partial charge in [-0.1, -0.05) is 0 Å². The van der Waals surface area contributed by atoms with Crippen LogP contribution in [0.15, 0.2) is 18.2 Å². The zero-order valence-corrected chi connectivity index (χ0v) is 9.63. The fraction of sp³-hybridized carbons (Fsp3) is 0.364. The molecule has 0 unspecified atom stereocenters. The number of carbonyl (C=O) groups excluding carboxylic acids is 1. The summed E-state index contributed by atoms with van der Waals surface area (Å²) in [7, 11) is 1.41. The number of nitrogens with zero attached hydrogens (tertiary/aromatic N) is 1. The lowest BCUT2D eigenvalue weighted by atomic mass is 10.2. The molecule has 92 valence electrons. The summed E-state index contributed by atoms with van der Waals surface area (Å²) in [4.78, 5) is 21.2. The van der Waals surface area contributed by atoms with Crippen LogP contribution < -0.4 is 4.74 Å². The molecule has 0 heterocycles. The molecule has 17 heavy (non-hydrogen) atoms. The first kappa shape index (κ1) is 13.1. The van der Waals surface area contributed by atoms with Gasteiger partial charge >= 0.3 is 0 Å². The number of ether oxygens (including phenoxy) is 2. The summed E-state index contributed by atoms with van der Waals surface area (Å²) in [6.45, 7) is 1.56. The monoisotopic (exact) mass is 239 g/mol. The zero-order chi connectivity index (χ0) is 12.8. The van der Waals surface area contributed by atoms with Crippen LogP contribution in [0.5, 0.6) is 5.75 Å². The van der Waals surface area contributed by atoms with Crippen LogP contribution in [-0.2, 0) is 9.53 Å². The molecule has 0 amide bonds. The van der Waals surface area contributed by atoms with Gasteiger partial charge in [-0.15, -0.1) is 0 Å². The average molecular weight is 239 g/mol. The number of aryl methyl sites for hydroxylation is 1. The predicted molar refractivity (Wildman–Crippen MR) is 60.2 cm³/mol. The Morgan fingerprint density at radius 3 is 2.71 bits per heavy atom. The van der Waals surface area contributed by atoms with E-state index in [1.807, 2.05) is 0 Å². The van der Waals surface area contributed by atoms with Crippen LogP contribution in [0.4, 0.5) is 5.69 Å². The maximum absolute atomic E-state index is 11.2. The van der Waals surface area contributed by atoms with Crippen molar-refractivity contribution in [1.82, 2.24) is 0 Å². The fourth-order valence-electron chi connectivity index (χ4n) is 1.22. The van der Waals surface area contributed by atoms with Crippen molar-refractivity contribution in [3.8, 4) is 5.75 Å².